The van der Waals surface area contributed by atoms with E-state index in [0.29, 0.717) is 40.3 Å². The smallest absolute Gasteiger partial charge is 0.142 e. The first-order valence-electron chi connectivity index (χ1n) is 7.94. The fraction of sp³-hybridized carbons (Fsp3) is 0.158. The minimum Gasteiger partial charge on any atom is -0.497 e. The number of benzene rings is 2. The molecule has 0 radical (unpaired) electrons. The number of nitrogens with zero attached hydrogens (tertiary/aromatic N) is 2. The van der Waals surface area contributed by atoms with E-state index >= 15 is 0 Å². The summed E-state index contributed by atoms with van der Waals surface area (Å²) in [4.78, 5) is 8.72. The summed E-state index contributed by atoms with van der Waals surface area (Å²) >= 11 is 0. The van der Waals surface area contributed by atoms with Gasteiger partial charge in [-0.3, -0.25) is 0 Å². The molecule has 0 fully saturated rings. The largest absolute Gasteiger partial charge is 0.497 e. The second-order valence-electron chi connectivity index (χ2n) is 5.51. The molecule has 0 unspecified atom stereocenters. The van der Waals surface area contributed by atoms with Gasteiger partial charge in [-0.25, -0.2) is 14.4 Å². The molecule has 3 aromatic rings. The Labute approximate surface area is 151 Å². The van der Waals surface area contributed by atoms with Crippen LogP contribution < -0.4 is 20.1 Å². The SMILES string of the molecule is COc1ccc(OC)c(Nc2cc(Nc3cccc(F)c3)nc(C)n2)c1. The number of halogens is 1. The summed E-state index contributed by atoms with van der Waals surface area (Å²) in [6.45, 7) is 1.78. The molecule has 0 amide bonds. The van der Waals surface area contributed by atoms with Gasteiger partial charge in [0.2, 0.25) is 0 Å². The third-order valence-corrected chi connectivity index (χ3v) is 3.60. The summed E-state index contributed by atoms with van der Waals surface area (Å²) in [5.41, 5.74) is 1.31. The molecule has 1 aromatic heterocycles. The van der Waals surface area contributed by atoms with E-state index < -0.39 is 0 Å². The van der Waals surface area contributed by atoms with Crippen molar-refractivity contribution >= 4 is 23.0 Å². The zero-order chi connectivity index (χ0) is 18.5. The molecule has 2 N–H and O–H groups in total. The van der Waals surface area contributed by atoms with Crippen molar-refractivity contribution in [3.63, 3.8) is 0 Å². The van der Waals surface area contributed by atoms with Crippen LogP contribution in [0, 0.1) is 12.7 Å². The molecule has 0 bridgehead atoms. The van der Waals surface area contributed by atoms with Crippen LogP contribution >= 0.6 is 0 Å². The van der Waals surface area contributed by atoms with E-state index in [1.165, 1.54) is 12.1 Å². The molecule has 2 aromatic carbocycles. The van der Waals surface area contributed by atoms with Crippen molar-refractivity contribution in [3.05, 3.63) is 60.2 Å². The zero-order valence-corrected chi connectivity index (χ0v) is 14.7. The monoisotopic (exact) mass is 354 g/mol. The lowest BCUT2D eigenvalue weighted by Crippen LogP contribution is -2.02. The van der Waals surface area contributed by atoms with Crippen LogP contribution in [0.25, 0.3) is 0 Å². The van der Waals surface area contributed by atoms with Gasteiger partial charge in [0, 0.05) is 17.8 Å². The summed E-state index contributed by atoms with van der Waals surface area (Å²) in [6.07, 6.45) is 0. The average Bonchev–Trinajstić information content (AvgIpc) is 2.61. The van der Waals surface area contributed by atoms with Crippen molar-refractivity contribution in [1.82, 2.24) is 9.97 Å². The Morgan fingerprint density at radius 1 is 0.885 bits per heavy atom. The topological polar surface area (TPSA) is 68.3 Å². The minimum absolute atomic E-state index is 0.319. The van der Waals surface area contributed by atoms with Gasteiger partial charge in [0.05, 0.1) is 19.9 Å². The molecule has 0 atom stereocenters. The number of hydrogen-bond donors (Lipinski definition) is 2. The molecular formula is C19H19FN4O2. The summed E-state index contributed by atoms with van der Waals surface area (Å²) in [5, 5.41) is 6.28. The van der Waals surface area contributed by atoms with Gasteiger partial charge in [0.15, 0.2) is 0 Å². The maximum atomic E-state index is 13.4. The van der Waals surface area contributed by atoms with E-state index in [2.05, 4.69) is 20.6 Å². The summed E-state index contributed by atoms with van der Waals surface area (Å²) in [5.74, 6) is 2.71. The molecule has 0 spiro atoms. The third kappa shape index (κ3) is 4.18. The second kappa shape index (κ2) is 7.69. The minimum atomic E-state index is -0.319. The Bertz CT molecular complexity index is 918. The fourth-order valence-corrected chi connectivity index (χ4v) is 2.46. The highest BCUT2D eigenvalue weighted by Gasteiger charge is 2.09. The molecule has 1 heterocycles. The Morgan fingerprint density at radius 3 is 2.35 bits per heavy atom. The van der Waals surface area contributed by atoms with Crippen molar-refractivity contribution in [2.75, 3.05) is 24.9 Å². The molecule has 0 aliphatic rings. The lowest BCUT2D eigenvalue weighted by atomic mass is 10.2. The highest BCUT2D eigenvalue weighted by molar-refractivity contribution is 5.68. The van der Waals surface area contributed by atoms with Crippen molar-refractivity contribution < 1.29 is 13.9 Å². The highest BCUT2D eigenvalue weighted by Crippen LogP contribution is 2.31. The number of rotatable bonds is 6. The van der Waals surface area contributed by atoms with E-state index in [1.54, 1.807) is 45.4 Å². The van der Waals surface area contributed by atoms with E-state index in [1.807, 2.05) is 12.1 Å². The zero-order valence-electron chi connectivity index (χ0n) is 14.7. The highest BCUT2D eigenvalue weighted by atomic mass is 19.1. The number of anilines is 4. The summed E-state index contributed by atoms with van der Waals surface area (Å²) < 4.78 is 24.0. The van der Waals surface area contributed by atoms with Gasteiger partial charge >= 0.3 is 0 Å². The molecule has 26 heavy (non-hydrogen) atoms. The standard InChI is InChI=1S/C19H19FN4O2/c1-12-21-18(23-14-6-4-5-13(20)9-14)11-19(22-12)24-16-10-15(25-2)7-8-17(16)26-3/h4-11H,1-3H3,(H2,21,22,23,24). The van der Waals surface area contributed by atoms with E-state index in [-0.39, 0.29) is 5.82 Å². The second-order valence-corrected chi connectivity index (χ2v) is 5.51. The van der Waals surface area contributed by atoms with Crippen LogP contribution in [-0.4, -0.2) is 24.2 Å². The predicted octanol–water partition coefficient (Wildman–Crippen LogP) is 4.43. The van der Waals surface area contributed by atoms with E-state index in [4.69, 9.17) is 9.47 Å². The summed E-state index contributed by atoms with van der Waals surface area (Å²) in [6, 6.07) is 13.3. The fourth-order valence-electron chi connectivity index (χ4n) is 2.46. The Balaban J connectivity index is 1.88. The maximum absolute atomic E-state index is 13.4. The van der Waals surface area contributed by atoms with Crippen molar-refractivity contribution in [2.45, 2.75) is 6.92 Å². The molecule has 0 aliphatic carbocycles. The summed E-state index contributed by atoms with van der Waals surface area (Å²) in [7, 11) is 3.19. The number of methoxy groups -OCH3 is 2. The first-order chi connectivity index (χ1) is 12.6. The normalized spacial score (nSPS) is 10.3. The van der Waals surface area contributed by atoms with Gasteiger partial charge < -0.3 is 20.1 Å². The first-order valence-corrected chi connectivity index (χ1v) is 7.94. The van der Waals surface area contributed by atoms with Crippen molar-refractivity contribution in [3.8, 4) is 11.5 Å². The van der Waals surface area contributed by atoms with Gasteiger partial charge in [-0.2, -0.15) is 0 Å². The molecule has 0 saturated carbocycles. The van der Waals surface area contributed by atoms with Gasteiger partial charge in [-0.05, 0) is 37.3 Å². The van der Waals surface area contributed by atoms with Crippen LogP contribution in [0.5, 0.6) is 11.5 Å². The van der Waals surface area contributed by atoms with Crippen LogP contribution in [0.4, 0.5) is 27.4 Å². The lowest BCUT2D eigenvalue weighted by molar-refractivity contribution is 0.405. The third-order valence-electron chi connectivity index (χ3n) is 3.60. The van der Waals surface area contributed by atoms with Gasteiger partial charge in [0.25, 0.3) is 0 Å². The number of aromatic nitrogens is 2. The van der Waals surface area contributed by atoms with Crippen LogP contribution in [0.15, 0.2) is 48.5 Å². The van der Waals surface area contributed by atoms with Crippen LogP contribution in [-0.2, 0) is 0 Å². The molecule has 7 heteroatoms. The average molecular weight is 354 g/mol. The maximum Gasteiger partial charge on any atom is 0.142 e. The first kappa shape index (κ1) is 17.5. The van der Waals surface area contributed by atoms with Gasteiger partial charge in [-0.1, -0.05) is 6.07 Å². The van der Waals surface area contributed by atoms with Gasteiger partial charge in [0.1, 0.15) is 34.8 Å². The van der Waals surface area contributed by atoms with Crippen LogP contribution in [0.1, 0.15) is 5.82 Å². The van der Waals surface area contributed by atoms with E-state index in [9.17, 15) is 4.39 Å². The molecule has 6 nitrogen and oxygen atoms in total. The quantitative estimate of drug-likeness (QED) is 0.683. The lowest BCUT2D eigenvalue weighted by Gasteiger charge is -2.13. The van der Waals surface area contributed by atoms with Crippen LogP contribution in [0.2, 0.25) is 0 Å². The number of nitrogens with one attached hydrogen (secondary N) is 2. The predicted molar refractivity (Wildman–Crippen MR) is 99.3 cm³/mol. The Morgan fingerprint density at radius 2 is 1.65 bits per heavy atom. The molecule has 3 rings (SSSR count). The van der Waals surface area contributed by atoms with Crippen molar-refractivity contribution in [2.24, 2.45) is 0 Å². The number of aryl methyl sites for hydroxylation is 1. The van der Waals surface area contributed by atoms with Crippen molar-refractivity contribution in [1.29, 1.82) is 0 Å². The number of ether oxygens (including phenoxy) is 2. The number of hydrogen-bond acceptors (Lipinski definition) is 6. The molecule has 0 saturated heterocycles. The van der Waals surface area contributed by atoms with Crippen LogP contribution in [0.3, 0.4) is 0 Å². The van der Waals surface area contributed by atoms with Gasteiger partial charge in [-0.15, -0.1) is 0 Å². The van der Waals surface area contributed by atoms with E-state index in [0.717, 1.165) is 0 Å². The molecule has 134 valence electrons. The molecule has 0 aliphatic heterocycles. The Hall–Kier alpha value is -3.35. The Kier molecular flexibility index (Phi) is 5.17. The molecular weight excluding hydrogens is 335 g/mol.